The summed E-state index contributed by atoms with van der Waals surface area (Å²) in [6, 6.07) is 16.0. The summed E-state index contributed by atoms with van der Waals surface area (Å²) in [4.78, 5) is 30.9. The second kappa shape index (κ2) is 9.03. The predicted octanol–water partition coefficient (Wildman–Crippen LogP) is 5.91. The lowest BCUT2D eigenvalue weighted by Gasteiger charge is -2.12. The zero-order chi connectivity index (χ0) is 22.0. The Morgan fingerprint density at radius 1 is 1.13 bits per heavy atom. The molecule has 0 aliphatic heterocycles. The average Bonchev–Trinajstić information content (AvgIpc) is 3.09. The second-order valence-corrected chi connectivity index (χ2v) is 9.19. The normalized spacial score (nSPS) is 11.2. The molecule has 0 unspecified atom stereocenters. The van der Waals surface area contributed by atoms with Crippen molar-refractivity contribution >= 4 is 39.0 Å². The van der Waals surface area contributed by atoms with Gasteiger partial charge in [0.1, 0.15) is 4.83 Å². The van der Waals surface area contributed by atoms with E-state index in [0.29, 0.717) is 16.3 Å². The molecule has 6 nitrogen and oxygen atoms in total. The van der Waals surface area contributed by atoms with Crippen LogP contribution in [0.3, 0.4) is 0 Å². The average molecular weight is 452 g/mol. The highest BCUT2D eigenvalue weighted by Gasteiger charge is 2.19. The summed E-state index contributed by atoms with van der Waals surface area (Å²) in [5.41, 5.74) is 2.73. The van der Waals surface area contributed by atoms with Crippen molar-refractivity contribution < 1.29 is 4.92 Å². The number of nitro benzene ring substituents is 1. The summed E-state index contributed by atoms with van der Waals surface area (Å²) < 4.78 is 1.67. The number of nitro groups is 1. The van der Waals surface area contributed by atoms with E-state index in [1.807, 2.05) is 37.3 Å². The van der Waals surface area contributed by atoms with Crippen LogP contribution in [-0.2, 0) is 12.2 Å². The first-order valence-corrected chi connectivity index (χ1v) is 11.8. The topological polar surface area (TPSA) is 78.0 Å². The number of benzene rings is 2. The zero-order valence-corrected chi connectivity index (χ0v) is 18.8. The Morgan fingerprint density at radius 2 is 1.84 bits per heavy atom. The number of hydrogen-bond donors (Lipinski definition) is 0. The number of rotatable bonds is 7. The number of para-hydroxylation sites is 1. The molecule has 0 spiro atoms. The molecule has 2 aromatic carbocycles. The van der Waals surface area contributed by atoms with Gasteiger partial charge in [-0.3, -0.25) is 19.5 Å². The maximum absolute atomic E-state index is 13.6. The molecule has 0 atom stereocenters. The van der Waals surface area contributed by atoms with Gasteiger partial charge < -0.3 is 0 Å². The van der Waals surface area contributed by atoms with E-state index in [1.54, 1.807) is 28.0 Å². The fourth-order valence-electron chi connectivity index (χ4n) is 3.44. The van der Waals surface area contributed by atoms with Crippen molar-refractivity contribution in [2.45, 2.75) is 37.6 Å². The summed E-state index contributed by atoms with van der Waals surface area (Å²) in [6.07, 6.45) is 1.95. The van der Waals surface area contributed by atoms with E-state index < -0.39 is 4.92 Å². The Balaban J connectivity index is 1.79. The van der Waals surface area contributed by atoms with Crippen molar-refractivity contribution in [3.8, 4) is 5.69 Å². The minimum Gasteiger partial charge on any atom is -0.268 e. The van der Waals surface area contributed by atoms with Crippen LogP contribution < -0.4 is 5.56 Å². The molecule has 0 fully saturated rings. The Labute approximate surface area is 187 Å². The van der Waals surface area contributed by atoms with Gasteiger partial charge in [0.25, 0.3) is 11.2 Å². The third kappa shape index (κ3) is 4.26. The largest absolute Gasteiger partial charge is 0.269 e. The number of aromatic nitrogens is 2. The molecule has 0 aliphatic rings. The van der Waals surface area contributed by atoms with Crippen LogP contribution in [0.5, 0.6) is 0 Å². The molecule has 0 aliphatic carbocycles. The molecule has 2 heterocycles. The van der Waals surface area contributed by atoms with Gasteiger partial charge in [-0.1, -0.05) is 55.4 Å². The molecular weight excluding hydrogens is 430 g/mol. The van der Waals surface area contributed by atoms with Crippen LogP contribution in [-0.4, -0.2) is 14.5 Å². The highest BCUT2D eigenvalue weighted by molar-refractivity contribution is 7.98. The van der Waals surface area contributed by atoms with Gasteiger partial charge in [-0.05, 0) is 36.6 Å². The van der Waals surface area contributed by atoms with E-state index in [-0.39, 0.29) is 11.2 Å². The molecular formula is C23H21N3O3S2. The summed E-state index contributed by atoms with van der Waals surface area (Å²) in [5, 5.41) is 12.2. The summed E-state index contributed by atoms with van der Waals surface area (Å²) in [7, 11) is 0. The van der Waals surface area contributed by atoms with Gasteiger partial charge in [-0.15, -0.1) is 11.3 Å². The van der Waals surface area contributed by atoms with Crippen molar-refractivity contribution in [1.82, 2.24) is 9.55 Å². The van der Waals surface area contributed by atoms with Crippen molar-refractivity contribution in [2.75, 3.05) is 0 Å². The Hall–Kier alpha value is -2.97. The lowest BCUT2D eigenvalue weighted by Crippen LogP contribution is -2.21. The quantitative estimate of drug-likeness (QED) is 0.151. The third-order valence-corrected chi connectivity index (χ3v) is 7.29. The zero-order valence-electron chi connectivity index (χ0n) is 17.2. The molecule has 4 rings (SSSR count). The molecule has 0 bridgehead atoms. The molecule has 4 aromatic rings. The van der Waals surface area contributed by atoms with Gasteiger partial charge in [-0.2, -0.15) is 0 Å². The van der Waals surface area contributed by atoms with Gasteiger partial charge in [0, 0.05) is 22.8 Å². The minimum absolute atomic E-state index is 0.0569. The van der Waals surface area contributed by atoms with E-state index >= 15 is 0 Å². The maximum Gasteiger partial charge on any atom is 0.269 e. The molecule has 0 amide bonds. The Morgan fingerprint density at radius 3 is 2.48 bits per heavy atom. The van der Waals surface area contributed by atoms with Crippen LogP contribution in [0.4, 0.5) is 5.69 Å². The van der Waals surface area contributed by atoms with Crippen LogP contribution in [0.1, 0.15) is 29.3 Å². The number of aryl methyl sites for hydroxylation is 2. The van der Waals surface area contributed by atoms with Gasteiger partial charge >= 0.3 is 0 Å². The number of nitrogens with zero attached hydrogens (tertiary/aromatic N) is 3. The van der Waals surface area contributed by atoms with Gasteiger partial charge in [-0.25, -0.2) is 4.98 Å². The fourth-order valence-corrected chi connectivity index (χ4v) is 5.73. The first-order chi connectivity index (χ1) is 15.0. The number of thiophene rings is 1. The van der Waals surface area contributed by atoms with Crippen molar-refractivity contribution in [2.24, 2.45) is 0 Å². The van der Waals surface area contributed by atoms with Crippen molar-refractivity contribution in [3.05, 3.63) is 91.1 Å². The number of hydrogen-bond acceptors (Lipinski definition) is 6. The summed E-state index contributed by atoms with van der Waals surface area (Å²) in [5.74, 6) is 0.551. The van der Waals surface area contributed by atoms with E-state index in [1.165, 1.54) is 28.8 Å². The van der Waals surface area contributed by atoms with Gasteiger partial charge in [0.15, 0.2) is 5.16 Å². The summed E-state index contributed by atoms with van der Waals surface area (Å²) >= 11 is 3.05. The van der Waals surface area contributed by atoms with Crippen LogP contribution in [0.2, 0.25) is 0 Å². The molecule has 8 heteroatoms. The SMILES string of the molecule is CCCc1sc2nc(SCc3ccc([N+](=O)[O-])cc3)n(-c3ccccc3)c(=O)c2c1C. The number of non-ortho nitro benzene ring substituents is 1. The molecule has 0 radical (unpaired) electrons. The number of fused-ring (bicyclic) bond motifs is 1. The monoisotopic (exact) mass is 451 g/mol. The van der Waals surface area contributed by atoms with E-state index in [2.05, 4.69) is 6.92 Å². The minimum atomic E-state index is -0.410. The first-order valence-electron chi connectivity index (χ1n) is 9.96. The van der Waals surface area contributed by atoms with Crippen LogP contribution in [0.15, 0.2) is 64.5 Å². The maximum atomic E-state index is 13.6. The van der Waals surface area contributed by atoms with E-state index in [4.69, 9.17) is 4.98 Å². The lowest BCUT2D eigenvalue weighted by atomic mass is 10.1. The molecule has 0 saturated carbocycles. The van der Waals surface area contributed by atoms with Crippen LogP contribution >= 0.6 is 23.1 Å². The van der Waals surface area contributed by atoms with Gasteiger partial charge in [0.05, 0.1) is 16.0 Å². The smallest absolute Gasteiger partial charge is 0.268 e. The van der Waals surface area contributed by atoms with Crippen molar-refractivity contribution in [1.29, 1.82) is 0 Å². The summed E-state index contributed by atoms with van der Waals surface area (Å²) in [6.45, 7) is 4.14. The highest BCUT2D eigenvalue weighted by Crippen LogP contribution is 2.32. The van der Waals surface area contributed by atoms with Crippen LogP contribution in [0.25, 0.3) is 15.9 Å². The number of thioether (sulfide) groups is 1. The molecule has 0 saturated heterocycles. The van der Waals surface area contributed by atoms with E-state index in [9.17, 15) is 14.9 Å². The molecule has 2 aromatic heterocycles. The molecule has 31 heavy (non-hydrogen) atoms. The lowest BCUT2D eigenvalue weighted by molar-refractivity contribution is -0.384. The van der Waals surface area contributed by atoms with Gasteiger partial charge in [0.2, 0.25) is 0 Å². The second-order valence-electron chi connectivity index (χ2n) is 7.16. The fraction of sp³-hybridized carbons (Fsp3) is 0.217. The van der Waals surface area contributed by atoms with Crippen LogP contribution in [0, 0.1) is 17.0 Å². The molecule has 158 valence electrons. The molecule has 0 N–H and O–H groups in total. The van der Waals surface area contributed by atoms with E-state index in [0.717, 1.165) is 34.5 Å². The Kier molecular flexibility index (Phi) is 6.20. The van der Waals surface area contributed by atoms with Crippen molar-refractivity contribution in [3.63, 3.8) is 0 Å². The predicted molar refractivity (Wildman–Crippen MR) is 127 cm³/mol. The highest BCUT2D eigenvalue weighted by atomic mass is 32.2. The Bertz CT molecular complexity index is 1300. The first kappa shape index (κ1) is 21.3. The standard InChI is InChI=1S/C23H21N3O3S2/c1-3-7-19-15(2)20-21(31-19)24-23(25(22(20)27)17-8-5-4-6-9-17)30-14-16-10-12-18(13-11-16)26(28)29/h4-6,8-13H,3,7,14H2,1-2H3. The third-order valence-electron chi connectivity index (χ3n) is 5.04.